The number of rotatable bonds is 6. The molecule has 1 amide bonds. The third-order valence-corrected chi connectivity index (χ3v) is 4.74. The Kier molecular flexibility index (Phi) is 4.99. The second kappa shape index (κ2) is 7.34. The van der Waals surface area contributed by atoms with Gasteiger partial charge in [-0.25, -0.2) is 9.97 Å². The fourth-order valence-electron chi connectivity index (χ4n) is 1.99. The predicted octanol–water partition coefficient (Wildman–Crippen LogP) is 3.51. The maximum atomic E-state index is 11.9. The van der Waals surface area contributed by atoms with Crippen molar-refractivity contribution in [1.82, 2.24) is 15.3 Å². The minimum atomic E-state index is -0.0241. The van der Waals surface area contributed by atoms with Gasteiger partial charge in [-0.3, -0.25) is 4.79 Å². The lowest BCUT2D eigenvalue weighted by molar-refractivity contribution is -0.120. The van der Waals surface area contributed by atoms with E-state index in [1.165, 1.54) is 11.3 Å². The fraction of sp³-hybridized carbons (Fsp3) is 0.188. The summed E-state index contributed by atoms with van der Waals surface area (Å²) in [5, 5.41) is 10.7. The summed E-state index contributed by atoms with van der Waals surface area (Å²) >= 11 is 3.10. The molecule has 0 saturated heterocycles. The minimum absolute atomic E-state index is 0.0241. The second-order valence-corrected chi connectivity index (χ2v) is 6.86. The average Bonchev–Trinajstić information content (AvgIpc) is 3.17. The Labute approximate surface area is 142 Å². The molecule has 0 spiro atoms. The molecule has 3 aromatic heterocycles. The molecule has 5 nitrogen and oxygen atoms in total. The number of anilines is 2. The first-order valence-electron chi connectivity index (χ1n) is 7.13. The smallest absolute Gasteiger partial charge is 0.226 e. The van der Waals surface area contributed by atoms with Crippen molar-refractivity contribution in [2.45, 2.75) is 19.9 Å². The van der Waals surface area contributed by atoms with Crippen molar-refractivity contribution < 1.29 is 4.79 Å². The van der Waals surface area contributed by atoms with Gasteiger partial charge in [-0.2, -0.15) is 0 Å². The number of hydrogen-bond acceptors (Lipinski definition) is 6. The zero-order chi connectivity index (χ0) is 16.1. The molecular formula is C16H16N4OS2. The van der Waals surface area contributed by atoms with E-state index in [1.807, 2.05) is 48.0 Å². The first-order chi connectivity index (χ1) is 11.2. The van der Waals surface area contributed by atoms with Crippen molar-refractivity contribution in [3.8, 4) is 0 Å². The highest BCUT2D eigenvalue weighted by Crippen LogP contribution is 2.20. The monoisotopic (exact) mass is 344 g/mol. The van der Waals surface area contributed by atoms with E-state index in [0.29, 0.717) is 6.54 Å². The normalized spacial score (nSPS) is 10.5. The third-order valence-electron chi connectivity index (χ3n) is 3.06. The summed E-state index contributed by atoms with van der Waals surface area (Å²) in [4.78, 5) is 21.9. The average molecular weight is 344 g/mol. The number of carbonyl (C=O) groups is 1. The van der Waals surface area contributed by atoms with E-state index in [1.54, 1.807) is 11.3 Å². The van der Waals surface area contributed by atoms with Crippen LogP contribution >= 0.6 is 22.7 Å². The number of thiazole rings is 1. The molecule has 118 valence electrons. The topological polar surface area (TPSA) is 66.9 Å². The number of carbonyl (C=O) groups excluding carboxylic acids is 1. The van der Waals surface area contributed by atoms with Crippen molar-refractivity contribution in [2.24, 2.45) is 0 Å². The molecule has 3 heterocycles. The summed E-state index contributed by atoms with van der Waals surface area (Å²) in [6.45, 7) is 2.51. The quantitative estimate of drug-likeness (QED) is 0.718. The molecule has 0 bridgehead atoms. The standard InChI is InChI=1S/C16H16N4OS2/c1-11-4-2-6-14(18-11)20-16-19-12(10-23-16)8-15(21)17-9-13-5-3-7-22-13/h2-7,10H,8-9H2,1H3,(H,17,21)(H,18,19,20). The molecule has 3 rings (SSSR count). The highest BCUT2D eigenvalue weighted by molar-refractivity contribution is 7.13. The van der Waals surface area contributed by atoms with Crippen LogP contribution in [0.15, 0.2) is 41.1 Å². The molecule has 0 aliphatic heterocycles. The number of aromatic nitrogens is 2. The maximum absolute atomic E-state index is 11.9. The Balaban J connectivity index is 1.53. The second-order valence-electron chi connectivity index (χ2n) is 4.97. The number of pyridine rings is 1. The van der Waals surface area contributed by atoms with Crippen LogP contribution in [0, 0.1) is 6.92 Å². The van der Waals surface area contributed by atoms with Gasteiger partial charge in [-0.05, 0) is 30.5 Å². The van der Waals surface area contributed by atoms with Gasteiger partial charge in [-0.15, -0.1) is 22.7 Å². The van der Waals surface area contributed by atoms with Gasteiger partial charge < -0.3 is 10.6 Å². The van der Waals surface area contributed by atoms with Crippen LogP contribution in [-0.4, -0.2) is 15.9 Å². The first-order valence-corrected chi connectivity index (χ1v) is 8.89. The van der Waals surface area contributed by atoms with Crippen LogP contribution in [0.4, 0.5) is 10.9 Å². The van der Waals surface area contributed by atoms with Gasteiger partial charge in [0.1, 0.15) is 5.82 Å². The summed E-state index contributed by atoms with van der Waals surface area (Å²) in [6, 6.07) is 9.75. The molecule has 3 aromatic rings. The molecule has 0 radical (unpaired) electrons. The summed E-state index contributed by atoms with van der Waals surface area (Å²) in [7, 11) is 0. The highest BCUT2D eigenvalue weighted by atomic mass is 32.1. The van der Waals surface area contributed by atoms with Gasteiger partial charge in [0.05, 0.1) is 18.7 Å². The van der Waals surface area contributed by atoms with Crippen molar-refractivity contribution in [3.63, 3.8) is 0 Å². The van der Waals surface area contributed by atoms with Crippen LogP contribution in [0.5, 0.6) is 0 Å². The number of nitrogens with one attached hydrogen (secondary N) is 2. The molecule has 0 atom stereocenters. The summed E-state index contributed by atoms with van der Waals surface area (Å²) in [5.74, 6) is 0.733. The lowest BCUT2D eigenvalue weighted by Gasteiger charge is -2.02. The van der Waals surface area contributed by atoms with Gasteiger partial charge in [0.15, 0.2) is 5.13 Å². The molecule has 7 heteroatoms. The Bertz CT molecular complexity index is 783. The van der Waals surface area contributed by atoms with E-state index < -0.39 is 0 Å². The van der Waals surface area contributed by atoms with Gasteiger partial charge in [0, 0.05) is 16.0 Å². The van der Waals surface area contributed by atoms with E-state index >= 15 is 0 Å². The van der Waals surface area contributed by atoms with E-state index in [2.05, 4.69) is 20.6 Å². The Morgan fingerprint density at radius 2 is 2.09 bits per heavy atom. The summed E-state index contributed by atoms with van der Waals surface area (Å²) in [5.41, 5.74) is 1.70. The summed E-state index contributed by atoms with van der Waals surface area (Å²) in [6.07, 6.45) is 0.283. The van der Waals surface area contributed by atoms with Crippen LogP contribution in [0.25, 0.3) is 0 Å². The molecule has 0 aromatic carbocycles. The van der Waals surface area contributed by atoms with Gasteiger partial charge >= 0.3 is 0 Å². The summed E-state index contributed by atoms with van der Waals surface area (Å²) < 4.78 is 0. The zero-order valence-corrected chi connectivity index (χ0v) is 14.2. The van der Waals surface area contributed by atoms with Crippen LogP contribution < -0.4 is 10.6 Å². The number of nitrogens with zero attached hydrogens (tertiary/aromatic N) is 2. The molecule has 0 saturated carbocycles. The zero-order valence-electron chi connectivity index (χ0n) is 12.6. The Hall–Kier alpha value is -2.25. The third kappa shape index (κ3) is 4.61. The Morgan fingerprint density at radius 3 is 2.87 bits per heavy atom. The number of thiophene rings is 1. The Morgan fingerprint density at radius 1 is 1.17 bits per heavy atom. The predicted molar refractivity (Wildman–Crippen MR) is 94.2 cm³/mol. The molecule has 2 N–H and O–H groups in total. The molecule has 0 fully saturated rings. The van der Waals surface area contributed by atoms with Crippen LogP contribution in [0.3, 0.4) is 0 Å². The largest absolute Gasteiger partial charge is 0.351 e. The first kappa shape index (κ1) is 15.6. The van der Waals surface area contributed by atoms with E-state index in [-0.39, 0.29) is 12.3 Å². The van der Waals surface area contributed by atoms with Crippen LogP contribution in [0.2, 0.25) is 0 Å². The molecule has 0 aliphatic carbocycles. The van der Waals surface area contributed by atoms with Gasteiger partial charge in [-0.1, -0.05) is 12.1 Å². The van der Waals surface area contributed by atoms with Crippen LogP contribution in [-0.2, 0) is 17.8 Å². The highest BCUT2D eigenvalue weighted by Gasteiger charge is 2.08. The molecule has 23 heavy (non-hydrogen) atoms. The number of hydrogen-bond donors (Lipinski definition) is 2. The fourth-order valence-corrected chi connectivity index (χ4v) is 3.36. The number of amides is 1. The molecule has 0 unspecified atom stereocenters. The lowest BCUT2D eigenvalue weighted by atomic mass is 10.3. The SMILES string of the molecule is Cc1cccc(Nc2nc(CC(=O)NCc3cccs3)cs2)n1. The number of aryl methyl sites for hydroxylation is 1. The molecule has 0 aliphatic rings. The minimum Gasteiger partial charge on any atom is -0.351 e. The van der Waals surface area contributed by atoms with E-state index in [0.717, 1.165) is 27.2 Å². The van der Waals surface area contributed by atoms with Gasteiger partial charge in [0.25, 0.3) is 0 Å². The lowest BCUT2D eigenvalue weighted by Crippen LogP contribution is -2.24. The van der Waals surface area contributed by atoms with E-state index in [9.17, 15) is 4.79 Å². The van der Waals surface area contributed by atoms with Crippen molar-refractivity contribution in [3.05, 3.63) is 57.4 Å². The van der Waals surface area contributed by atoms with Crippen molar-refractivity contribution >= 4 is 39.5 Å². The maximum Gasteiger partial charge on any atom is 0.226 e. The van der Waals surface area contributed by atoms with Crippen molar-refractivity contribution in [2.75, 3.05) is 5.32 Å². The van der Waals surface area contributed by atoms with E-state index in [4.69, 9.17) is 0 Å². The van der Waals surface area contributed by atoms with Crippen molar-refractivity contribution in [1.29, 1.82) is 0 Å². The van der Waals surface area contributed by atoms with Crippen LogP contribution in [0.1, 0.15) is 16.3 Å². The molecular weight excluding hydrogens is 328 g/mol. The van der Waals surface area contributed by atoms with Gasteiger partial charge in [0.2, 0.25) is 5.91 Å².